The first-order valence-electron chi connectivity index (χ1n) is 5.23. The van der Waals surface area contributed by atoms with Crippen LogP contribution in [0.1, 0.15) is 5.56 Å². The number of halogens is 3. The van der Waals surface area contributed by atoms with E-state index >= 15 is 0 Å². The van der Waals surface area contributed by atoms with E-state index in [1.54, 1.807) is 30.2 Å². The van der Waals surface area contributed by atoms with Crippen molar-refractivity contribution in [2.75, 3.05) is 11.9 Å². The number of anilines is 1. The Morgan fingerprint density at radius 1 is 1.22 bits per heavy atom. The third-order valence-corrected chi connectivity index (χ3v) is 2.68. The molecule has 5 heteroatoms. The molecule has 0 N–H and O–H groups in total. The number of ketones is 1. The average Bonchev–Trinajstić information content (AvgIpc) is 2.32. The molecule has 1 heterocycles. The van der Waals surface area contributed by atoms with Crippen LogP contribution in [0.4, 0.5) is 18.9 Å². The fourth-order valence-corrected chi connectivity index (χ4v) is 1.72. The van der Waals surface area contributed by atoms with Crippen molar-refractivity contribution >= 4 is 17.5 Å². The van der Waals surface area contributed by atoms with E-state index < -0.39 is 12.0 Å². The number of carbonyl (C=O) groups excluding carboxylic acids is 1. The van der Waals surface area contributed by atoms with Crippen LogP contribution in [-0.4, -0.2) is 19.0 Å². The molecule has 0 aliphatic carbocycles. The van der Waals surface area contributed by atoms with Gasteiger partial charge in [-0.1, -0.05) is 24.3 Å². The van der Waals surface area contributed by atoms with Gasteiger partial charge in [0, 0.05) is 24.5 Å². The van der Waals surface area contributed by atoms with Crippen molar-refractivity contribution in [2.24, 2.45) is 0 Å². The van der Waals surface area contributed by atoms with Gasteiger partial charge in [-0.3, -0.25) is 4.79 Å². The maximum Gasteiger partial charge on any atom is 0.454 e. The SMILES string of the molecule is CN1C(=CC(=O)C(F)(F)F)C=Cc2ccccc21. The zero-order valence-corrected chi connectivity index (χ0v) is 9.53. The van der Waals surface area contributed by atoms with Crippen molar-refractivity contribution < 1.29 is 18.0 Å². The van der Waals surface area contributed by atoms with E-state index in [0.717, 1.165) is 11.3 Å². The van der Waals surface area contributed by atoms with Crippen LogP contribution in [0.15, 0.2) is 42.1 Å². The molecule has 0 unspecified atom stereocenters. The maximum absolute atomic E-state index is 12.2. The van der Waals surface area contributed by atoms with E-state index in [1.165, 1.54) is 6.08 Å². The topological polar surface area (TPSA) is 20.3 Å². The van der Waals surface area contributed by atoms with Gasteiger partial charge in [-0.2, -0.15) is 13.2 Å². The van der Waals surface area contributed by atoms with Crippen LogP contribution in [0.2, 0.25) is 0 Å². The number of allylic oxidation sites excluding steroid dienone is 2. The highest BCUT2D eigenvalue weighted by molar-refractivity contribution is 5.96. The Kier molecular flexibility index (Phi) is 2.98. The smallest absolute Gasteiger partial charge is 0.344 e. The summed E-state index contributed by atoms with van der Waals surface area (Å²) in [4.78, 5) is 12.5. The van der Waals surface area contributed by atoms with Crippen molar-refractivity contribution in [1.29, 1.82) is 0 Å². The second-order valence-corrected chi connectivity index (χ2v) is 3.88. The van der Waals surface area contributed by atoms with E-state index in [1.807, 2.05) is 12.1 Å². The quantitative estimate of drug-likeness (QED) is 0.716. The first-order chi connectivity index (χ1) is 8.39. The summed E-state index contributed by atoms with van der Waals surface area (Å²) >= 11 is 0. The molecule has 0 fully saturated rings. The third kappa shape index (κ3) is 2.30. The molecule has 1 aromatic rings. The van der Waals surface area contributed by atoms with Crippen LogP contribution in [0, 0.1) is 0 Å². The van der Waals surface area contributed by atoms with Gasteiger partial charge in [0.1, 0.15) is 0 Å². The lowest BCUT2D eigenvalue weighted by molar-refractivity contribution is -0.165. The highest BCUT2D eigenvalue weighted by Gasteiger charge is 2.37. The van der Waals surface area contributed by atoms with Crippen LogP contribution in [-0.2, 0) is 4.79 Å². The molecule has 2 nitrogen and oxygen atoms in total. The summed E-state index contributed by atoms with van der Waals surface area (Å²) < 4.78 is 36.6. The van der Waals surface area contributed by atoms with Gasteiger partial charge in [0.2, 0.25) is 0 Å². The van der Waals surface area contributed by atoms with Gasteiger partial charge >= 0.3 is 6.18 Å². The fraction of sp³-hybridized carbons (Fsp3) is 0.154. The predicted molar refractivity (Wildman–Crippen MR) is 63.0 cm³/mol. The molecular formula is C13H10F3NO. The molecule has 0 aromatic heterocycles. The standard InChI is InChI=1S/C13H10F3NO/c1-17-10(8-12(18)13(14,15)16)7-6-9-4-2-3-5-11(9)17/h2-8H,1H3. The lowest BCUT2D eigenvalue weighted by atomic mass is 10.1. The number of rotatable bonds is 1. The Morgan fingerprint density at radius 2 is 1.89 bits per heavy atom. The monoisotopic (exact) mass is 253 g/mol. The predicted octanol–water partition coefficient (Wildman–Crippen LogP) is 3.16. The molecule has 1 aromatic carbocycles. The average molecular weight is 253 g/mol. The number of alkyl halides is 3. The minimum Gasteiger partial charge on any atom is -0.344 e. The number of nitrogens with zero attached hydrogens (tertiary/aromatic N) is 1. The molecular weight excluding hydrogens is 243 g/mol. The molecule has 0 amide bonds. The normalized spacial score (nSPS) is 16.9. The minimum atomic E-state index is -4.83. The molecule has 0 spiro atoms. The Morgan fingerprint density at radius 3 is 2.56 bits per heavy atom. The van der Waals surface area contributed by atoms with Gasteiger partial charge in [0.25, 0.3) is 5.78 Å². The van der Waals surface area contributed by atoms with E-state index in [0.29, 0.717) is 6.08 Å². The summed E-state index contributed by atoms with van der Waals surface area (Å²) in [6.07, 6.45) is -1.05. The number of fused-ring (bicyclic) bond motifs is 1. The first-order valence-corrected chi connectivity index (χ1v) is 5.23. The summed E-state index contributed by atoms with van der Waals surface area (Å²) in [7, 11) is 1.62. The highest BCUT2D eigenvalue weighted by atomic mass is 19.4. The number of hydrogen-bond acceptors (Lipinski definition) is 2. The van der Waals surface area contributed by atoms with Gasteiger partial charge in [0.05, 0.1) is 0 Å². The minimum absolute atomic E-state index is 0.219. The first kappa shape index (κ1) is 12.4. The zero-order valence-electron chi connectivity index (χ0n) is 9.53. The molecule has 18 heavy (non-hydrogen) atoms. The largest absolute Gasteiger partial charge is 0.454 e. The summed E-state index contributed by atoms with van der Waals surface area (Å²) in [5.41, 5.74) is 1.88. The van der Waals surface area contributed by atoms with Gasteiger partial charge in [0.15, 0.2) is 0 Å². The molecule has 0 radical (unpaired) electrons. The van der Waals surface area contributed by atoms with Gasteiger partial charge in [-0.05, 0) is 17.7 Å². The van der Waals surface area contributed by atoms with E-state index in [9.17, 15) is 18.0 Å². The van der Waals surface area contributed by atoms with Crippen molar-refractivity contribution in [3.63, 3.8) is 0 Å². The van der Waals surface area contributed by atoms with Gasteiger partial charge < -0.3 is 4.90 Å². The molecule has 1 aliphatic heterocycles. The molecule has 2 rings (SSSR count). The lowest BCUT2D eigenvalue weighted by Crippen LogP contribution is -2.24. The van der Waals surface area contributed by atoms with Crippen LogP contribution >= 0.6 is 0 Å². The molecule has 1 aliphatic rings. The molecule has 0 saturated heterocycles. The fourth-order valence-electron chi connectivity index (χ4n) is 1.72. The molecule has 0 atom stereocenters. The molecule has 0 bridgehead atoms. The van der Waals surface area contributed by atoms with Crippen molar-refractivity contribution in [3.05, 3.63) is 47.7 Å². The van der Waals surface area contributed by atoms with Crippen LogP contribution in [0.3, 0.4) is 0 Å². The van der Waals surface area contributed by atoms with Crippen LogP contribution in [0.25, 0.3) is 6.08 Å². The summed E-state index contributed by atoms with van der Waals surface area (Å²) in [5.74, 6) is -1.85. The third-order valence-electron chi connectivity index (χ3n) is 2.68. The number of hydrogen-bond donors (Lipinski definition) is 0. The van der Waals surface area contributed by atoms with E-state index in [4.69, 9.17) is 0 Å². The Labute approximate surface area is 102 Å². The van der Waals surface area contributed by atoms with E-state index in [2.05, 4.69) is 0 Å². The lowest BCUT2D eigenvalue weighted by Gasteiger charge is -2.26. The Balaban J connectivity index is 2.36. The number of benzene rings is 1. The summed E-state index contributed by atoms with van der Waals surface area (Å²) in [6, 6.07) is 7.26. The van der Waals surface area contributed by atoms with Gasteiger partial charge in [-0.25, -0.2) is 0 Å². The number of carbonyl (C=O) groups is 1. The van der Waals surface area contributed by atoms with Crippen molar-refractivity contribution in [1.82, 2.24) is 0 Å². The van der Waals surface area contributed by atoms with Crippen molar-refractivity contribution in [2.45, 2.75) is 6.18 Å². The Bertz CT molecular complexity index is 543. The highest BCUT2D eigenvalue weighted by Crippen LogP contribution is 2.29. The summed E-state index contributed by atoms with van der Waals surface area (Å²) in [6.45, 7) is 0. The number of likely N-dealkylation sites (N-methyl/N-ethyl adjacent to an activating group) is 1. The van der Waals surface area contributed by atoms with E-state index in [-0.39, 0.29) is 5.70 Å². The van der Waals surface area contributed by atoms with Gasteiger partial charge in [-0.15, -0.1) is 0 Å². The molecule has 0 saturated carbocycles. The number of para-hydroxylation sites is 1. The molecule has 94 valence electrons. The van der Waals surface area contributed by atoms with Crippen LogP contribution < -0.4 is 4.90 Å². The Hall–Kier alpha value is -2.04. The van der Waals surface area contributed by atoms with Crippen molar-refractivity contribution in [3.8, 4) is 0 Å². The zero-order chi connectivity index (χ0) is 13.3. The van der Waals surface area contributed by atoms with Crippen LogP contribution in [0.5, 0.6) is 0 Å². The second kappa shape index (κ2) is 4.33. The second-order valence-electron chi connectivity index (χ2n) is 3.88. The summed E-state index contributed by atoms with van der Waals surface area (Å²) in [5, 5.41) is 0. The maximum atomic E-state index is 12.2.